The first-order valence-electron chi connectivity index (χ1n) is 6.35. The summed E-state index contributed by atoms with van der Waals surface area (Å²) in [4.78, 5) is 4.08. The highest BCUT2D eigenvalue weighted by atomic mass is 32.1. The zero-order valence-corrected chi connectivity index (χ0v) is 11.3. The highest BCUT2D eigenvalue weighted by Gasteiger charge is 2.10. The minimum atomic E-state index is -0.359. The van der Waals surface area contributed by atoms with Gasteiger partial charge in [-0.25, -0.2) is 0 Å². The van der Waals surface area contributed by atoms with E-state index in [1.54, 1.807) is 17.5 Å². The van der Waals surface area contributed by atoms with Gasteiger partial charge in [-0.2, -0.15) is 0 Å². The number of aliphatic hydroxyl groups excluding tert-OH is 1. The van der Waals surface area contributed by atoms with Crippen LogP contribution in [0.15, 0.2) is 54.2 Å². The Bertz CT molecular complexity index is 663. The molecule has 2 nitrogen and oxygen atoms in total. The predicted molar refractivity (Wildman–Crippen MR) is 79.5 cm³/mol. The first kappa shape index (κ1) is 12.3. The summed E-state index contributed by atoms with van der Waals surface area (Å²) < 4.78 is 1.28. The van der Waals surface area contributed by atoms with Gasteiger partial charge in [-0.05, 0) is 34.0 Å². The van der Waals surface area contributed by atoms with Gasteiger partial charge in [0.2, 0.25) is 0 Å². The van der Waals surface area contributed by atoms with E-state index in [4.69, 9.17) is 0 Å². The zero-order chi connectivity index (χ0) is 13.1. The van der Waals surface area contributed by atoms with Crippen LogP contribution in [0.4, 0.5) is 0 Å². The maximum atomic E-state index is 10.2. The number of fused-ring (bicyclic) bond motifs is 1. The molecule has 0 bridgehead atoms. The molecule has 1 atom stereocenters. The van der Waals surface area contributed by atoms with Crippen molar-refractivity contribution in [1.29, 1.82) is 0 Å². The van der Waals surface area contributed by atoms with Crippen LogP contribution in [0.2, 0.25) is 0 Å². The van der Waals surface area contributed by atoms with Crippen LogP contribution >= 0.6 is 11.3 Å². The van der Waals surface area contributed by atoms with Gasteiger partial charge in [-0.15, -0.1) is 11.3 Å². The summed E-state index contributed by atoms with van der Waals surface area (Å²) in [6, 6.07) is 12.2. The number of aromatic nitrogens is 1. The highest BCUT2D eigenvalue weighted by molar-refractivity contribution is 7.17. The van der Waals surface area contributed by atoms with Gasteiger partial charge >= 0.3 is 0 Å². The number of benzene rings is 1. The molecule has 1 N–H and O–H groups in total. The van der Waals surface area contributed by atoms with Crippen LogP contribution in [0, 0.1) is 0 Å². The molecule has 0 aliphatic rings. The molecule has 0 saturated heterocycles. The second-order valence-electron chi connectivity index (χ2n) is 4.68. The Morgan fingerprint density at radius 1 is 1.11 bits per heavy atom. The lowest BCUT2D eigenvalue weighted by molar-refractivity contribution is 0.176. The van der Waals surface area contributed by atoms with Crippen molar-refractivity contribution in [3.05, 3.63) is 65.3 Å². The standard InChI is InChI=1S/C16H15NOS/c18-14(8-12-4-3-7-17-10-12)9-13-11-19-16-6-2-1-5-15(13)16/h1-7,10-11,14,18H,8-9H2. The number of thiophene rings is 1. The summed E-state index contributed by atoms with van der Waals surface area (Å²) in [5.74, 6) is 0. The van der Waals surface area contributed by atoms with E-state index in [-0.39, 0.29) is 6.10 Å². The van der Waals surface area contributed by atoms with E-state index in [2.05, 4.69) is 28.6 Å². The topological polar surface area (TPSA) is 33.1 Å². The molecule has 0 fully saturated rings. The molecule has 3 rings (SSSR count). The van der Waals surface area contributed by atoms with E-state index in [0.29, 0.717) is 12.8 Å². The van der Waals surface area contributed by atoms with E-state index < -0.39 is 0 Å². The summed E-state index contributed by atoms with van der Waals surface area (Å²) in [5, 5.41) is 13.6. The Hall–Kier alpha value is -1.71. The lowest BCUT2D eigenvalue weighted by Gasteiger charge is -2.09. The SMILES string of the molecule is OC(Cc1cccnc1)Cc1csc2ccccc12. The molecule has 19 heavy (non-hydrogen) atoms. The average Bonchev–Trinajstić information content (AvgIpc) is 2.83. The van der Waals surface area contributed by atoms with E-state index in [0.717, 1.165) is 5.56 Å². The van der Waals surface area contributed by atoms with Crippen molar-refractivity contribution in [3.8, 4) is 0 Å². The highest BCUT2D eigenvalue weighted by Crippen LogP contribution is 2.26. The third-order valence-electron chi connectivity index (χ3n) is 3.21. The number of nitrogens with zero attached hydrogens (tertiary/aromatic N) is 1. The number of hydrogen-bond donors (Lipinski definition) is 1. The van der Waals surface area contributed by atoms with Gasteiger partial charge in [-0.1, -0.05) is 24.3 Å². The molecule has 2 heterocycles. The molecule has 96 valence electrons. The van der Waals surface area contributed by atoms with Gasteiger partial charge in [0.1, 0.15) is 0 Å². The Morgan fingerprint density at radius 2 is 2.00 bits per heavy atom. The van der Waals surface area contributed by atoms with E-state index in [9.17, 15) is 5.11 Å². The Kier molecular flexibility index (Phi) is 3.58. The fourth-order valence-electron chi connectivity index (χ4n) is 2.31. The molecule has 0 saturated carbocycles. The van der Waals surface area contributed by atoms with Crippen LogP contribution in [0.25, 0.3) is 10.1 Å². The minimum absolute atomic E-state index is 0.359. The molecule has 1 unspecified atom stereocenters. The van der Waals surface area contributed by atoms with Gasteiger partial charge in [0, 0.05) is 29.9 Å². The number of pyridine rings is 1. The normalized spacial score (nSPS) is 12.7. The third kappa shape index (κ3) is 2.83. The van der Waals surface area contributed by atoms with Crippen LogP contribution < -0.4 is 0 Å². The van der Waals surface area contributed by atoms with Gasteiger partial charge in [-0.3, -0.25) is 4.98 Å². The quantitative estimate of drug-likeness (QED) is 0.787. The largest absolute Gasteiger partial charge is 0.392 e. The van der Waals surface area contributed by atoms with Crippen LogP contribution in [-0.4, -0.2) is 16.2 Å². The smallest absolute Gasteiger partial charge is 0.0621 e. The molecule has 0 aliphatic heterocycles. The monoisotopic (exact) mass is 269 g/mol. The molecule has 3 heteroatoms. The number of hydrogen-bond acceptors (Lipinski definition) is 3. The Balaban J connectivity index is 1.74. The van der Waals surface area contributed by atoms with Crippen molar-refractivity contribution < 1.29 is 5.11 Å². The van der Waals surface area contributed by atoms with Gasteiger partial charge in [0.25, 0.3) is 0 Å². The van der Waals surface area contributed by atoms with Gasteiger partial charge in [0.15, 0.2) is 0 Å². The molecule has 1 aromatic carbocycles. The van der Waals surface area contributed by atoms with E-state index in [1.807, 2.05) is 24.4 Å². The summed E-state index contributed by atoms with van der Waals surface area (Å²) >= 11 is 1.74. The van der Waals surface area contributed by atoms with Crippen molar-refractivity contribution in [2.24, 2.45) is 0 Å². The number of aliphatic hydroxyl groups is 1. The molecular weight excluding hydrogens is 254 g/mol. The van der Waals surface area contributed by atoms with E-state index >= 15 is 0 Å². The molecular formula is C16H15NOS. The summed E-state index contributed by atoms with van der Waals surface area (Å²) in [7, 11) is 0. The second kappa shape index (κ2) is 5.51. The maximum absolute atomic E-state index is 10.2. The molecule has 0 amide bonds. The average molecular weight is 269 g/mol. The molecule has 0 aliphatic carbocycles. The Morgan fingerprint density at radius 3 is 2.84 bits per heavy atom. The predicted octanol–water partition coefficient (Wildman–Crippen LogP) is 3.44. The van der Waals surface area contributed by atoms with Crippen molar-refractivity contribution >= 4 is 21.4 Å². The molecule has 0 spiro atoms. The van der Waals surface area contributed by atoms with Crippen LogP contribution in [0.5, 0.6) is 0 Å². The Labute approximate surface area is 116 Å². The lowest BCUT2D eigenvalue weighted by atomic mass is 10.0. The first-order valence-corrected chi connectivity index (χ1v) is 7.23. The van der Waals surface area contributed by atoms with Crippen LogP contribution in [-0.2, 0) is 12.8 Å². The van der Waals surface area contributed by atoms with Gasteiger partial charge in [0.05, 0.1) is 6.10 Å². The van der Waals surface area contributed by atoms with Crippen LogP contribution in [0.3, 0.4) is 0 Å². The number of rotatable bonds is 4. The summed E-state index contributed by atoms with van der Waals surface area (Å²) in [5.41, 5.74) is 2.31. The summed E-state index contributed by atoms with van der Waals surface area (Å²) in [6.07, 6.45) is 4.55. The second-order valence-corrected chi connectivity index (χ2v) is 5.59. The third-order valence-corrected chi connectivity index (χ3v) is 4.22. The van der Waals surface area contributed by atoms with Crippen LogP contribution in [0.1, 0.15) is 11.1 Å². The minimum Gasteiger partial charge on any atom is -0.392 e. The fourth-order valence-corrected chi connectivity index (χ4v) is 3.28. The van der Waals surface area contributed by atoms with Crippen molar-refractivity contribution in [3.63, 3.8) is 0 Å². The lowest BCUT2D eigenvalue weighted by Crippen LogP contribution is -2.13. The summed E-state index contributed by atoms with van der Waals surface area (Å²) in [6.45, 7) is 0. The first-order chi connectivity index (χ1) is 9.33. The molecule has 2 aromatic heterocycles. The van der Waals surface area contributed by atoms with Crippen molar-refractivity contribution in [2.45, 2.75) is 18.9 Å². The van der Waals surface area contributed by atoms with Crippen molar-refractivity contribution in [2.75, 3.05) is 0 Å². The molecule has 3 aromatic rings. The van der Waals surface area contributed by atoms with Gasteiger partial charge < -0.3 is 5.11 Å². The molecule has 0 radical (unpaired) electrons. The van der Waals surface area contributed by atoms with Crippen molar-refractivity contribution in [1.82, 2.24) is 4.98 Å². The van der Waals surface area contributed by atoms with E-state index in [1.165, 1.54) is 15.6 Å². The maximum Gasteiger partial charge on any atom is 0.0621 e. The zero-order valence-electron chi connectivity index (χ0n) is 10.5. The fraction of sp³-hybridized carbons (Fsp3) is 0.188.